The van der Waals surface area contributed by atoms with Crippen LogP contribution in [0.2, 0.25) is 0 Å². The fourth-order valence-corrected chi connectivity index (χ4v) is 7.55. The van der Waals surface area contributed by atoms with Crippen molar-refractivity contribution >= 4 is 11.8 Å². The van der Waals surface area contributed by atoms with Gasteiger partial charge in [-0.1, -0.05) is 127 Å². The number of rotatable bonds is 2. The van der Waals surface area contributed by atoms with Gasteiger partial charge in [0.05, 0.1) is 11.1 Å². The lowest BCUT2D eigenvalue weighted by molar-refractivity contribution is 0.438. The first-order valence-electron chi connectivity index (χ1n) is 14.7. The SMILES string of the molecule is C1=CC2CC=CC(c3ccc(-c4cccc5c4Oc4ccccc4C54c5ccccc5-c5ccccc54)cc3)=C2N=C1. The largest absolute Gasteiger partial charge is 0.456 e. The zero-order valence-corrected chi connectivity index (χ0v) is 23.0. The quantitative estimate of drug-likeness (QED) is 0.215. The van der Waals surface area contributed by atoms with Crippen LogP contribution >= 0.6 is 0 Å². The number of dihydropyridines is 1. The Morgan fingerprint density at radius 2 is 1.26 bits per heavy atom. The number of fused-ring (bicyclic) bond motifs is 10. The van der Waals surface area contributed by atoms with Crippen LogP contribution in [0.15, 0.2) is 150 Å². The Bertz CT molecular complexity index is 1990. The molecular formula is C40H27NO. The number of aliphatic imine (C=N–C) groups is 1. The maximum atomic E-state index is 6.85. The summed E-state index contributed by atoms with van der Waals surface area (Å²) in [6.45, 7) is 0. The van der Waals surface area contributed by atoms with Gasteiger partial charge in [0.2, 0.25) is 0 Å². The maximum absolute atomic E-state index is 6.85. The summed E-state index contributed by atoms with van der Waals surface area (Å²) in [6.07, 6.45) is 11.7. The van der Waals surface area contributed by atoms with E-state index in [1.165, 1.54) is 44.5 Å². The predicted molar refractivity (Wildman–Crippen MR) is 171 cm³/mol. The molecule has 1 spiro atoms. The molecule has 0 bridgehead atoms. The molecule has 0 amide bonds. The lowest BCUT2D eigenvalue weighted by atomic mass is 9.65. The molecule has 2 aliphatic carbocycles. The molecule has 2 aliphatic heterocycles. The van der Waals surface area contributed by atoms with Crippen LogP contribution in [-0.2, 0) is 5.41 Å². The van der Waals surface area contributed by atoms with E-state index in [4.69, 9.17) is 9.73 Å². The highest BCUT2D eigenvalue weighted by atomic mass is 16.5. The molecule has 0 saturated heterocycles. The zero-order chi connectivity index (χ0) is 27.7. The zero-order valence-electron chi connectivity index (χ0n) is 23.0. The number of hydrogen-bond acceptors (Lipinski definition) is 2. The molecule has 0 fully saturated rings. The lowest BCUT2D eigenvalue weighted by Crippen LogP contribution is -2.32. The van der Waals surface area contributed by atoms with E-state index in [0.29, 0.717) is 5.92 Å². The van der Waals surface area contributed by atoms with Crippen LogP contribution in [0, 0.1) is 5.92 Å². The minimum Gasteiger partial charge on any atom is -0.456 e. The summed E-state index contributed by atoms with van der Waals surface area (Å²) in [6, 6.07) is 41.8. The Morgan fingerprint density at radius 1 is 0.619 bits per heavy atom. The van der Waals surface area contributed by atoms with Gasteiger partial charge in [0.25, 0.3) is 0 Å². The second-order valence-electron chi connectivity index (χ2n) is 11.4. The second kappa shape index (κ2) is 8.89. The van der Waals surface area contributed by atoms with Gasteiger partial charge in [0.1, 0.15) is 11.5 Å². The number of ether oxygens (including phenoxy) is 1. The lowest BCUT2D eigenvalue weighted by Gasteiger charge is -2.40. The predicted octanol–water partition coefficient (Wildman–Crippen LogP) is 9.75. The van der Waals surface area contributed by atoms with Gasteiger partial charge in [-0.25, -0.2) is 0 Å². The highest BCUT2D eigenvalue weighted by Crippen LogP contribution is 2.63. The Kier molecular flexibility index (Phi) is 4.97. The van der Waals surface area contributed by atoms with Crippen molar-refractivity contribution in [2.24, 2.45) is 10.9 Å². The van der Waals surface area contributed by atoms with E-state index >= 15 is 0 Å². The molecule has 0 aromatic heterocycles. The Balaban J connectivity index is 1.25. The van der Waals surface area contributed by atoms with Crippen LogP contribution in [0.5, 0.6) is 11.5 Å². The van der Waals surface area contributed by atoms with E-state index < -0.39 is 5.41 Å². The van der Waals surface area contributed by atoms with Crippen molar-refractivity contribution in [1.82, 2.24) is 0 Å². The molecule has 198 valence electrons. The van der Waals surface area contributed by atoms with Gasteiger partial charge in [-0.15, -0.1) is 0 Å². The Labute approximate surface area is 245 Å². The molecule has 0 radical (unpaired) electrons. The van der Waals surface area contributed by atoms with E-state index in [0.717, 1.165) is 34.7 Å². The third-order valence-electron chi connectivity index (χ3n) is 9.33. The summed E-state index contributed by atoms with van der Waals surface area (Å²) in [5, 5.41) is 0. The van der Waals surface area contributed by atoms with Crippen LogP contribution in [-0.4, -0.2) is 6.21 Å². The molecule has 2 heterocycles. The highest BCUT2D eigenvalue weighted by Gasteiger charge is 2.51. The molecule has 2 nitrogen and oxygen atoms in total. The van der Waals surface area contributed by atoms with Crippen LogP contribution in [0.1, 0.15) is 34.2 Å². The maximum Gasteiger partial charge on any atom is 0.140 e. The fourth-order valence-electron chi connectivity index (χ4n) is 7.55. The van der Waals surface area contributed by atoms with Crippen molar-refractivity contribution in [2.45, 2.75) is 11.8 Å². The molecule has 5 aromatic rings. The number of allylic oxidation sites excluding steroid dienone is 5. The topological polar surface area (TPSA) is 21.6 Å². The van der Waals surface area contributed by atoms with Crippen molar-refractivity contribution in [2.75, 3.05) is 0 Å². The molecule has 1 atom stereocenters. The highest BCUT2D eigenvalue weighted by molar-refractivity contribution is 5.90. The van der Waals surface area contributed by atoms with Crippen LogP contribution in [0.3, 0.4) is 0 Å². The van der Waals surface area contributed by atoms with E-state index in [-0.39, 0.29) is 0 Å². The summed E-state index contributed by atoms with van der Waals surface area (Å²) in [5.74, 6) is 2.20. The normalized spacial score (nSPS) is 18.1. The molecule has 42 heavy (non-hydrogen) atoms. The first-order valence-corrected chi connectivity index (χ1v) is 14.7. The van der Waals surface area contributed by atoms with Crippen molar-refractivity contribution < 1.29 is 4.74 Å². The van der Waals surface area contributed by atoms with Gasteiger partial charge in [-0.2, -0.15) is 0 Å². The summed E-state index contributed by atoms with van der Waals surface area (Å²) in [4.78, 5) is 4.74. The smallest absolute Gasteiger partial charge is 0.140 e. The van der Waals surface area contributed by atoms with E-state index in [1.807, 2.05) is 6.21 Å². The fraction of sp³-hybridized carbons (Fsp3) is 0.0750. The third kappa shape index (κ3) is 3.12. The second-order valence-corrected chi connectivity index (χ2v) is 11.4. The first-order chi connectivity index (χ1) is 20.8. The van der Waals surface area contributed by atoms with Gasteiger partial charge in [-0.05, 0) is 51.9 Å². The molecule has 9 rings (SSSR count). The third-order valence-corrected chi connectivity index (χ3v) is 9.33. The van der Waals surface area contributed by atoms with Crippen molar-refractivity contribution in [3.05, 3.63) is 173 Å². The van der Waals surface area contributed by atoms with E-state index in [2.05, 4.69) is 140 Å². The minimum absolute atomic E-state index is 0.359. The Morgan fingerprint density at radius 3 is 2.05 bits per heavy atom. The van der Waals surface area contributed by atoms with E-state index in [1.54, 1.807) is 0 Å². The van der Waals surface area contributed by atoms with Gasteiger partial charge in [0, 0.05) is 34.4 Å². The molecular weight excluding hydrogens is 510 g/mol. The molecule has 0 saturated carbocycles. The first kappa shape index (κ1) is 23.5. The molecule has 5 aromatic carbocycles. The summed E-state index contributed by atoms with van der Waals surface area (Å²) in [5.41, 5.74) is 12.9. The number of nitrogens with zero attached hydrogens (tertiary/aromatic N) is 1. The van der Waals surface area contributed by atoms with Gasteiger partial charge in [0.15, 0.2) is 0 Å². The molecule has 1 unspecified atom stereocenters. The van der Waals surface area contributed by atoms with Crippen LogP contribution in [0.4, 0.5) is 0 Å². The van der Waals surface area contributed by atoms with Crippen molar-refractivity contribution in [1.29, 1.82) is 0 Å². The van der Waals surface area contributed by atoms with Crippen LogP contribution in [0.25, 0.3) is 27.8 Å². The van der Waals surface area contributed by atoms with Gasteiger partial charge in [-0.3, -0.25) is 4.99 Å². The number of hydrogen-bond donors (Lipinski definition) is 0. The summed E-state index contributed by atoms with van der Waals surface area (Å²) in [7, 11) is 0. The number of benzene rings is 5. The van der Waals surface area contributed by atoms with Gasteiger partial charge >= 0.3 is 0 Å². The minimum atomic E-state index is -0.450. The molecule has 2 heteroatoms. The molecule has 4 aliphatic rings. The van der Waals surface area contributed by atoms with Crippen LogP contribution < -0.4 is 4.74 Å². The summed E-state index contributed by atoms with van der Waals surface area (Å²) >= 11 is 0. The average Bonchev–Trinajstić information content (AvgIpc) is 3.35. The Hall–Kier alpha value is -5.21. The number of para-hydroxylation sites is 2. The average molecular weight is 538 g/mol. The summed E-state index contributed by atoms with van der Waals surface area (Å²) < 4.78 is 6.85. The van der Waals surface area contributed by atoms with Crippen molar-refractivity contribution in [3.63, 3.8) is 0 Å². The monoisotopic (exact) mass is 537 g/mol. The van der Waals surface area contributed by atoms with Crippen molar-refractivity contribution in [3.8, 4) is 33.8 Å². The standard InChI is InChI=1S/C40H27NO/c1-3-16-33-31(12-1)32-13-2-4-17-34(32)40(33)35-18-5-6-20-37(35)42-39-30(15-8-19-36(39)40)27-23-21-26(22-24-27)29-14-7-10-28-11-9-25-41-38(28)29/h1-9,11-25,28H,10H2. The van der Waals surface area contributed by atoms with E-state index in [9.17, 15) is 0 Å². The molecule has 0 N–H and O–H groups in total. The van der Waals surface area contributed by atoms with Gasteiger partial charge < -0.3 is 4.74 Å².